The first-order valence-corrected chi connectivity index (χ1v) is 7.76. The minimum Gasteiger partial charge on any atom is -0.481 e. The molecule has 2 rings (SSSR count). The quantitative estimate of drug-likeness (QED) is 0.807. The van der Waals surface area contributed by atoms with Gasteiger partial charge < -0.3 is 9.64 Å². The summed E-state index contributed by atoms with van der Waals surface area (Å²) in [6, 6.07) is 18.0. The van der Waals surface area contributed by atoms with E-state index < -0.39 is 6.10 Å². The molecule has 0 aromatic heterocycles. The van der Waals surface area contributed by atoms with E-state index in [1.807, 2.05) is 56.3 Å². The third-order valence-corrected chi connectivity index (χ3v) is 3.70. The number of likely N-dealkylation sites (N-methyl/N-ethyl adjacent to an activating group) is 1. The van der Waals surface area contributed by atoms with Crippen LogP contribution in [0.1, 0.15) is 20.8 Å². The summed E-state index contributed by atoms with van der Waals surface area (Å²) in [7, 11) is 0. The molecule has 0 aliphatic heterocycles. The van der Waals surface area contributed by atoms with Crippen molar-refractivity contribution in [2.45, 2.75) is 26.9 Å². The lowest BCUT2D eigenvalue weighted by Crippen LogP contribution is -2.40. The summed E-state index contributed by atoms with van der Waals surface area (Å²) < 4.78 is 5.76. The number of amides is 1. The van der Waals surface area contributed by atoms with E-state index in [1.165, 1.54) is 5.56 Å². The number of ether oxygens (including phenoxy) is 1. The Bertz CT molecular complexity index is 589. The van der Waals surface area contributed by atoms with E-state index in [-0.39, 0.29) is 5.91 Å². The van der Waals surface area contributed by atoms with Crippen molar-refractivity contribution < 1.29 is 9.53 Å². The fourth-order valence-corrected chi connectivity index (χ4v) is 2.40. The predicted octanol–water partition coefficient (Wildman–Crippen LogP) is 3.99. The molecule has 0 saturated heterocycles. The monoisotopic (exact) mass is 297 g/mol. The fourth-order valence-electron chi connectivity index (χ4n) is 2.40. The van der Waals surface area contributed by atoms with Gasteiger partial charge in [-0.2, -0.15) is 0 Å². The van der Waals surface area contributed by atoms with Gasteiger partial charge in [0, 0.05) is 13.1 Å². The number of carbonyl (C=O) groups excluding carboxylic acids is 1. The third kappa shape index (κ3) is 3.88. The van der Waals surface area contributed by atoms with Gasteiger partial charge in [0.1, 0.15) is 5.75 Å². The standard InChI is InChI=1S/C19H23NO2/c1-4-20(5-2)19(21)15(3)22-18-13-11-17(12-14-18)16-9-7-6-8-10-16/h6-15H,4-5H2,1-3H3. The van der Waals surface area contributed by atoms with E-state index in [2.05, 4.69) is 12.1 Å². The van der Waals surface area contributed by atoms with Crippen molar-refractivity contribution in [1.29, 1.82) is 0 Å². The molecule has 0 spiro atoms. The predicted molar refractivity (Wildman–Crippen MR) is 89.9 cm³/mol. The zero-order valence-corrected chi connectivity index (χ0v) is 13.5. The van der Waals surface area contributed by atoms with Crippen LogP contribution in [0.4, 0.5) is 0 Å². The number of rotatable bonds is 6. The molecule has 22 heavy (non-hydrogen) atoms. The molecule has 2 aromatic carbocycles. The maximum absolute atomic E-state index is 12.2. The highest BCUT2D eigenvalue weighted by atomic mass is 16.5. The average molecular weight is 297 g/mol. The van der Waals surface area contributed by atoms with Crippen molar-refractivity contribution in [3.05, 3.63) is 54.6 Å². The summed E-state index contributed by atoms with van der Waals surface area (Å²) in [6.07, 6.45) is -0.470. The Labute approximate surface area is 132 Å². The lowest BCUT2D eigenvalue weighted by molar-refractivity contribution is -0.137. The first kappa shape index (κ1) is 16.1. The van der Waals surface area contributed by atoms with Gasteiger partial charge in [0.05, 0.1) is 0 Å². The lowest BCUT2D eigenvalue weighted by Gasteiger charge is -2.23. The van der Waals surface area contributed by atoms with Crippen LogP contribution in [0.5, 0.6) is 5.75 Å². The third-order valence-electron chi connectivity index (χ3n) is 3.70. The summed E-state index contributed by atoms with van der Waals surface area (Å²) in [5.74, 6) is 0.741. The van der Waals surface area contributed by atoms with E-state index in [1.54, 1.807) is 11.8 Å². The fraction of sp³-hybridized carbons (Fsp3) is 0.316. The number of hydrogen-bond acceptors (Lipinski definition) is 2. The van der Waals surface area contributed by atoms with Crippen molar-refractivity contribution in [2.24, 2.45) is 0 Å². The molecule has 0 bridgehead atoms. The Hall–Kier alpha value is -2.29. The lowest BCUT2D eigenvalue weighted by atomic mass is 10.1. The Kier molecular flexibility index (Phi) is 5.59. The Morgan fingerprint density at radius 1 is 0.955 bits per heavy atom. The smallest absolute Gasteiger partial charge is 0.263 e. The first-order valence-electron chi connectivity index (χ1n) is 7.76. The molecule has 1 unspecified atom stereocenters. The molecular formula is C19H23NO2. The molecule has 0 heterocycles. The highest BCUT2D eigenvalue weighted by molar-refractivity contribution is 5.80. The second kappa shape index (κ2) is 7.64. The van der Waals surface area contributed by atoms with Gasteiger partial charge in [-0.25, -0.2) is 0 Å². The Morgan fingerprint density at radius 3 is 2.05 bits per heavy atom. The first-order chi connectivity index (χ1) is 10.7. The van der Waals surface area contributed by atoms with Crippen molar-refractivity contribution in [3.63, 3.8) is 0 Å². The SMILES string of the molecule is CCN(CC)C(=O)C(C)Oc1ccc(-c2ccccc2)cc1. The summed E-state index contributed by atoms with van der Waals surface area (Å²) >= 11 is 0. The molecule has 0 fully saturated rings. The van der Waals surface area contributed by atoms with Crippen LogP contribution in [0.2, 0.25) is 0 Å². The van der Waals surface area contributed by atoms with Gasteiger partial charge in [-0.05, 0) is 44.0 Å². The average Bonchev–Trinajstić information content (AvgIpc) is 2.57. The van der Waals surface area contributed by atoms with Crippen LogP contribution < -0.4 is 4.74 Å². The van der Waals surface area contributed by atoms with Gasteiger partial charge >= 0.3 is 0 Å². The molecule has 3 nitrogen and oxygen atoms in total. The van der Waals surface area contributed by atoms with Crippen LogP contribution in [0.3, 0.4) is 0 Å². The van der Waals surface area contributed by atoms with Crippen LogP contribution in [0.15, 0.2) is 54.6 Å². The van der Waals surface area contributed by atoms with E-state index in [9.17, 15) is 4.79 Å². The molecular weight excluding hydrogens is 274 g/mol. The number of carbonyl (C=O) groups is 1. The molecule has 1 amide bonds. The largest absolute Gasteiger partial charge is 0.481 e. The maximum atomic E-state index is 12.2. The van der Waals surface area contributed by atoms with Crippen LogP contribution in [-0.4, -0.2) is 30.0 Å². The van der Waals surface area contributed by atoms with Crippen LogP contribution >= 0.6 is 0 Å². The molecule has 0 radical (unpaired) electrons. The number of benzene rings is 2. The van der Waals surface area contributed by atoms with Gasteiger partial charge in [-0.15, -0.1) is 0 Å². The minimum absolute atomic E-state index is 0.0251. The highest BCUT2D eigenvalue weighted by Crippen LogP contribution is 2.22. The second-order valence-electron chi connectivity index (χ2n) is 5.16. The van der Waals surface area contributed by atoms with Crippen molar-refractivity contribution >= 4 is 5.91 Å². The zero-order valence-electron chi connectivity index (χ0n) is 13.5. The molecule has 0 aliphatic rings. The van der Waals surface area contributed by atoms with E-state index in [0.717, 1.165) is 5.56 Å². The second-order valence-corrected chi connectivity index (χ2v) is 5.16. The topological polar surface area (TPSA) is 29.5 Å². The summed E-state index contributed by atoms with van der Waals surface area (Å²) in [6.45, 7) is 7.16. The molecule has 1 atom stereocenters. The molecule has 2 aromatic rings. The van der Waals surface area contributed by atoms with E-state index in [4.69, 9.17) is 4.74 Å². The van der Waals surface area contributed by atoms with Gasteiger partial charge in [0.15, 0.2) is 6.10 Å². The van der Waals surface area contributed by atoms with Gasteiger partial charge in [-0.3, -0.25) is 4.79 Å². The summed E-state index contributed by atoms with van der Waals surface area (Å²) in [5, 5.41) is 0. The maximum Gasteiger partial charge on any atom is 0.263 e. The van der Waals surface area contributed by atoms with Crippen molar-refractivity contribution in [3.8, 4) is 16.9 Å². The zero-order chi connectivity index (χ0) is 15.9. The summed E-state index contributed by atoms with van der Waals surface area (Å²) in [4.78, 5) is 14.0. The Morgan fingerprint density at radius 2 is 1.50 bits per heavy atom. The molecule has 0 saturated carbocycles. The molecule has 116 valence electrons. The molecule has 3 heteroatoms. The van der Waals surface area contributed by atoms with E-state index >= 15 is 0 Å². The minimum atomic E-state index is -0.470. The van der Waals surface area contributed by atoms with Crippen LogP contribution in [0, 0.1) is 0 Å². The molecule has 0 aliphatic carbocycles. The van der Waals surface area contributed by atoms with Crippen LogP contribution in [-0.2, 0) is 4.79 Å². The van der Waals surface area contributed by atoms with Crippen molar-refractivity contribution in [2.75, 3.05) is 13.1 Å². The van der Waals surface area contributed by atoms with Gasteiger partial charge in [0.25, 0.3) is 5.91 Å². The molecule has 0 N–H and O–H groups in total. The number of nitrogens with zero attached hydrogens (tertiary/aromatic N) is 1. The van der Waals surface area contributed by atoms with Crippen molar-refractivity contribution in [1.82, 2.24) is 4.90 Å². The normalized spacial score (nSPS) is 11.8. The summed E-state index contributed by atoms with van der Waals surface area (Å²) in [5.41, 5.74) is 2.30. The van der Waals surface area contributed by atoms with Crippen LogP contribution in [0.25, 0.3) is 11.1 Å². The number of hydrogen-bond donors (Lipinski definition) is 0. The Balaban J connectivity index is 2.04. The van der Waals surface area contributed by atoms with Gasteiger partial charge in [-0.1, -0.05) is 42.5 Å². The van der Waals surface area contributed by atoms with Gasteiger partial charge in [0.2, 0.25) is 0 Å². The van der Waals surface area contributed by atoms with E-state index in [0.29, 0.717) is 18.8 Å². The highest BCUT2D eigenvalue weighted by Gasteiger charge is 2.19.